The fourth-order valence-corrected chi connectivity index (χ4v) is 3.15. The molecule has 106 valence electrons. The molecule has 6 nitrogen and oxygen atoms in total. The summed E-state index contributed by atoms with van der Waals surface area (Å²) in [4.78, 5) is 2.13. The van der Waals surface area contributed by atoms with Crippen LogP contribution in [0.2, 0.25) is 0 Å². The van der Waals surface area contributed by atoms with Crippen LogP contribution >= 0.6 is 0 Å². The fourth-order valence-electron chi connectivity index (χ4n) is 3.15. The van der Waals surface area contributed by atoms with E-state index in [0.717, 1.165) is 5.69 Å². The number of likely N-dealkylation sites (tertiary alicyclic amines) is 1. The average Bonchev–Trinajstić information content (AvgIpc) is 2.82. The van der Waals surface area contributed by atoms with Crippen molar-refractivity contribution in [2.24, 2.45) is 7.05 Å². The average molecular weight is 267 g/mol. The molecular weight excluding hydrogens is 246 g/mol. The molecule has 2 aliphatic heterocycles. The van der Waals surface area contributed by atoms with Gasteiger partial charge in [0, 0.05) is 13.2 Å². The minimum atomic E-state index is -0.635. The van der Waals surface area contributed by atoms with Crippen LogP contribution < -0.4 is 0 Å². The maximum absolute atomic E-state index is 10.6. The maximum atomic E-state index is 10.6. The molecule has 19 heavy (non-hydrogen) atoms. The third-order valence-electron chi connectivity index (χ3n) is 4.18. The number of aliphatic hydroxyl groups is 1. The molecule has 3 heterocycles. The smallest absolute Gasteiger partial charge is 0.163 e. The SMILES string of the molecule is CN1C2COC(C)(C)O[C@H]2[C@@H](O)[C@@H]1c1ccnn1C. The molecule has 1 aromatic heterocycles. The van der Waals surface area contributed by atoms with Gasteiger partial charge in [0.05, 0.1) is 24.4 Å². The molecule has 1 aromatic rings. The summed E-state index contributed by atoms with van der Waals surface area (Å²) in [5, 5.41) is 14.8. The molecule has 1 unspecified atom stereocenters. The molecule has 0 radical (unpaired) electrons. The Morgan fingerprint density at radius 1 is 1.42 bits per heavy atom. The standard InChI is InChI=1S/C13H21N3O3/c1-13(2)18-7-9-12(19-13)11(17)10(15(9)3)8-5-6-14-16(8)4/h5-6,9-12,17H,7H2,1-4H3/t9?,10-,11-,12+/m0/s1. The van der Waals surface area contributed by atoms with Gasteiger partial charge in [0.25, 0.3) is 0 Å². The molecule has 2 aliphatic rings. The van der Waals surface area contributed by atoms with Crippen LogP contribution in [0.4, 0.5) is 0 Å². The van der Waals surface area contributed by atoms with Crippen molar-refractivity contribution in [1.29, 1.82) is 0 Å². The lowest BCUT2D eigenvalue weighted by molar-refractivity contribution is -0.291. The zero-order valence-electron chi connectivity index (χ0n) is 11.8. The number of hydrogen-bond donors (Lipinski definition) is 1. The van der Waals surface area contributed by atoms with E-state index in [0.29, 0.717) is 6.61 Å². The van der Waals surface area contributed by atoms with E-state index in [9.17, 15) is 5.11 Å². The number of hydrogen-bond acceptors (Lipinski definition) is 5. The van der Waals surface area contributed by atoms with Crippen LogP contribution in [0.15, 0.2) is 12.3 Å². The molecule has 0 aromatic carbocycles. The van der Waals surface area contributed by atoms with E-state index in [4.69, 9.17) is 9.47 Å². The van der Waals surface area contributed by atoms with Crippen LogP contribution in [0.25, 0.3) is 0 Å². The van der Waals surface area contributed by atoms with E-state index in [-0.39, 0.29) is 18.2 Å². The van der Waals surface area contributed by atoms with E-state index in [1.165, 1.54) is 0 Å². The van der Waals surface area contributed by atoms with E-state index in [1.807, 2.05) is 34.0 Å². The highest BCUT2D eigenvalue weighted by atomic mass is 16.7. The lowest BCUT2D eigenvalue weighted by atomic mass is 10.0. The molecule has 2 fully saturated rings. The van der Waals surface area contributed by atoms with Gasteiger partial charge in [-0.1, -0.05) is 0 Å². The number of aromatic nitrogens is 2. The van der Waals surface area contributed by atoms with Crippen LogP contribution in [-0.2, 0) is 16.5 Å². The number of aryl methyl sites for hydroxylation is 1. The highest BCUT2D eigenvalue weighted by Crippen LogP contribution is 2.41. The van der Waals surface area contributed by atoms with Gasteiger partial charge in [0.1, 0.15) is 12.2 Å². The van der Waals surface area contributed by atoms with Gasteiger partial charge >= 0.3 is 0 Å². The number of nitrogens with zero attached hydrogens (tertiary/aromatic N) is 3. The summed E-state index contributed by atoms with van der Waals surface area (Å²) in [5.74, 6) is -0.635. The van der Waals surface area contributed by atoms with Gasteiger partial charge in [-0.05, 0) is 27.0 Å². The van der Waals surface area contributed by atoms with E-state index in [1.54, 1.807) is 10.9 Å². The van der Waals surface area contributed by atoms with Crippen molar-refractivity contribution in [2.45, 2.75) is 43.9 Å². The zero-order valence-corrected chi connectivity index (χ0v) is 11.8. The Labute approximate surface area is 112 Å². The first-order valence-electron chi connectivity index (χ1n) is 6.60. The first-order chi connectivity index (χ1) is 8.91. The summed E-state index contributed by atoms with van der Waals surface area (Å²) >= 11 is 0. The Hall–Kier alpha value is -0.950. The predicted molar refractivity (Wildman–Crippen MR) is 68.4 cm³/mol. The molecule has 0 aliphatic carbocycles. The number of likely N-dealkylation sites (N-methyl/N-ethyl adjacent to an activating group) is 1. The Morgan fingerprint density at radius 3 is 2.79 bits per heavy atom. The third kappa shape index (κ3) is 1.99. The predicted octanol–water partition coefficient (Wildman–Crippen LogP) is 0.288. The van der Waals surface area contributed by atoms with Crippen LogP contribution in [0, 0.1) is 0 Å². The third-order valence-corrected chi connectivity index (χ3v) is 4.18. The van der Waals surface area contributed by atoms with E-state index >= 15 is 0 Å². The second-order valence-electron chi connectivity index (χ2n) is 5.84. The van der Waals surface area contributed by atoms with Crippen LogP contribution in [0.3, 0.4) is 0 Å². The lowest BCUT2D eigenvalue weighted by Gasteiger charge is -2.39. The molecule has 2 saturated heterocycles. The molecule has 3 rings (SSSR count). The largest absolute Gasteiger partial charge is 0.388 e. The molecule has 0 spiro atoms. The van der Waals surface area contributed by atoms with E-state index < -0.39 is 11.9 Å². The number of fused-ring (bicyclic) bond motifs is 1. The highest BCUT2D eigenvalue weighted by molar-refractivity contribution is 5.16. The van der Waals surface area contributed by atoms with E-state index in [2.05, 4.69) is 10.00 Å². The minimum Gasteiger partial charge on any atom is -0.388 e. The van der Waals surface area contributed by atoms with Crippen molar-refractivity contribution in [3.8, 4) is 0 Å². The summed E-state index contributed by atoms with van der Waals surface area (Å²) in [6.07, 6.45) is 0.946. The summed E-state index contributed by atoms with van der Waals surface area (Å²) < 4.78 is 13.4. The summed E-state index contributed by atoms with van der Waals surface area (Å²) in [7, 11) is 3.88. The van der Waals surface area contributed by atoms with Crippen molar-refractivity contribution in [3.63, 3.8) is 0 Å². The van der Waals surface area contributed by atoms with Crippen molar-refractivity contribution in [1.82, 2.24) is 14.7 Å². The van der Waals surface area contributed by atoms with Gasteiger partial charge < -0.3 is 14.6 Å². The highest BCUT2D eigenvalue weighted by Gasteiger charge is 2.53. The first-order valence-corrected chi connectivity index (χ1v) is 6.60. The molecular formula is C13H21N3O3. The quantitative estimate of drug-likeness (QED) is 0.792. The first kappa shape index (κ1) is 13.1. The second kappa shape index (κ2) is 4.28. The number of rotatable bonds is 1. The van der Waals surface area contributed by atoms with Crippen molar-refractivity contribution < 1.29 is 14.6 Å². The fraction of sp³-hybridized carbons (Fsp3) is 0.769. The van der Waals surface area contributed by atoms with Crippen LogP contribution in [-0.4, -0.2) is 57.5 Å². The summed E-state index contributed by atoms with van der Waals surface area (Å²) in [6.45, 7) is 4.33. The Bertz CT molecular complexity index is 473. The maximum Gasteiger partial charge on any atom is 0.163 e. The van der Waals surface area contributed by atoms with Gasteiger partial charge in [-0.3, -0.25) is 9.58 Å². The van der Waals surface area contributed by atoms with Gasteiger partial charge in [-0.15, -0.1) is 0 Å². The minimum absolute atomic E-state index is 0.0722. The van der Waals surface area contributed by atoms with Gasteiger partial charge in [-0.2, -0.15) is 5.10 Å². The molecule has 0 saturated carbocycles. The molecule has 1 N–H and O–H groups in total. The monoisotopic (exact) mass is 267 g/mol. The topological polar surface area (TPSA) is 59.8 Å². The zero-order chi connectivity index (χ0) is 13.8. The van der Waals surface area contributed by atoms with Gasteiger partial charge in [0.15, 0.2) is 5.79 Å². The number of aliphatic hydroxyl groups excluding tert-OH is 1. The van der Waals surface area contributed by atoms with Crippen molar-refractivity contribution in [3.05, 3.63) is 18.0 Å². The van der Waals surface area contributed by atoms with Crippen molar-refractivity contribution in [2.75, 3.05) is 13.7 Å². The molecule has 0 amide bonds. The Kier molecular flexibility index (Phi) is 2.94. The summed E-state index contributed by atoms with van der Waals surface area (Å²) in [6, 6.07) is 1.90. The van der Waals surface area contributed by atoms with Gasteiger partial charge in [0.2, 0.25) is 0 Å². The normalized spacial score (nSPS) is 38.4. The molecule has 6 heteroatoms. The van der Waals surface area contributed by atoms with Crippen LogP contribution in [0.1, 0.15) is 25.6 Å². The van der Waals surface area contributed by atoms with Crippen molar-refractivity contribution >= 4 is 0 Å². The Morgan fingerprint density at radius 2 is 2.16 bits per heavy atom. The molecule has 0 bridgehead atoms. The summed E-state index contributed by atoms with van der Waals surface area (Å²) in [5.41, 5.74) is 0.991. The molecule has 4 atom stereocenters. The Balaban J connectivity index is 1.91. The lowest BCUT2D eigenvalue weighted by Crippen LogP contribution is -2.52. The van der Waals surface area contributed by atoms with Crippen LogP contribution in [0.5, 0.6) is 0 Å². The second-order valence-corrected chi connectivity index (χ2v) is 5.84. The van der Waals surface area contributed by atoms with Gasteiger partial charge in [-0.25, -0.2) is 0 Å². The number of ether oxygens (including phenoxy) is 2.